The Morgan fingerprint density at radius 3 is 1.74 bits per heavy atom. The third kappa shape index (κ3) is 12.6. The van der Waals surface area contributed by atoms with Crippen LogP contribution in [0, 0.1) is 5.41 Å². The number of piperazine rings is 1. The number of fused-ring (bicyclic) bond motifs is 3. The van der Waals surface area contributed by atoms with Gasteiger partial charge < -0.3 is 42.1 Å². The van der Waals surface area contributed by atoms with Crippen LogP contribution < -0.4 is 32.3 Å². The largest absolute Gasteiger partial charge is 0.384 e. The average molecular weight is 786 g/mol. The van der Waals surface area contributed by atoms with E-state index >= 15 is 0 Å². The highest BCUT2D eigenvalue weighted by molar-refractivity contribution is 5.95. The van der Waals surface area contributed by atoms with Gasteiger partial charge in [0.15, 0.2) is 0 Å². The summed E-state index contributed by atoms with van der Waals surface area (Å²) in [5.41, 5.74) is 10.4. The van der Waals surface area contributed by atoms with Gasteiger partial charge in [0.05, 0.1) is 6.42 Å². The van der Waals surface area contributed by atoms with Crippen LogP contribution in [0.1, 0.15) is 40.7 Å². The molecule has 5 aliphatic rings. The van der Waals surface area contributed by atoms with Crippen molar-refractivity contribution in [2.24, 2.45) is 5.73 Å². The van der Waals surface area contributed by atoms with E-state index in [0.717, 1.165) is 48.4 Å². The van der Waals surface area contributed by atoms with E-state index in [1.165, 1.54) is 0 Å². The van der Waals surface area contributed by atoms with E-state index in [9.17, 15) is 24.0 Å². The zero-order valence-electron chi connectivity index (χ0n) is 32.5. The van der Waals surface area contributed by atoms with Crippen molar-refractivity contribution in [2.75, 3.05) is 49.9 Å². The van der Waals surface area contributed by atoms with E-state index in [2.05, 4.69) is 36.4 Å². The van der Waals surface area contributed by atoms with Crippen LogP contribution in [0.15, 0.2) is 103 Å². The number of hydrogen-bond acceptors (Lipinski definition) is 8. The number of nitrogens with two attached hydrogens (primary N) is 1. The van der Waals surface area contributed by atoms with Crippen molar-refractivity contribution < 1.29 is 24.0 Å². The summed E-state index contributed by atoms with van der Waals surface area (Å²) < 4.78 is 0. The monoisotopic (exact) mass is 785 g/mol. The number of amides is 5. The zero-order chi connectivity index (χ0) is 40.9. The molecule has 14 heteroatoms. The summed E-state index contributed by atoms with van der Waals surface area (Å²) in [6, 6.07) is 28.4. The number of nitrogens with one attached hydrogen (secondary N) is 6. The first-order valence-electron chi connectivity index (χ1n) is 19.6. The van der Waals surface area contributed by atoms with E-state index in [1.807, 2.05) is 54.6 Å². The summed E-state index contributed by atoms with van der Waals surface area (Å²) in [5.74, 6) is -1.62. The number of nitrogens with zero attached hydrogens (tertiary/aromatic N) is 2. The molecule has 0 saturated carbocycles. The molecule has 8 N–H and O–H groups in total. The van der Waals surface area contributed by atoms with E-state index < -0.39 is 23.9 Å². The van der Waals surface area contributed by atoms with Crippen LogP contribution in [0.25, 0.3) is 0 Å². The molecule has 5 heterocycles. The number of benzene rings is 4. The Labute approximate surface area is 338 Å². The molecular formula is C44H51N9O5. The average Bonchev–Trinajstić information content (AvgIpc) is 3.22. The Kier molecular flexibility index (Phi) is 14.3. The van der Waals surface area contributed by atoms with Gasteiger partial charge in [0.1, 0.15) is 17.9 Å². The van der Waals surface area contributed by atoms with Crippen LogP contribution in [0.3, 0.4) is 0 Å². The van der Waals surface area contributed by atoms with Gasteiger partial charge >= 0.3 is 0 Å². The van der Waals surface area contributed by atoms with Gasteiger partial charge in [-0.3, -0.25) is 29.4 Å². The number of carbonyl (C=O) groups excluding carboxylic acids is 5. The standard InChI is InChI=1S/C44H51N9O5/c45-42(46)34-12-6-33(7-13-34)29-47-43(57)37-26-31-8-14-35(15-9-31)48-39(54)18-20-52-22-24-53(25-23-52)21-19-40(55)49-36-16-10-32(11-17-36)27-38(44(58)51-37)50-41(56)28-30-4-2-1-3-5-30/h1-17,37-38H,18-29H2,(H3,45,46)(H,47,57)(H,48,54)(H,49,55)(H,50,56)(H,51,58)/t37-,38+/m0/s1. The highest BCUT2D eigenvalue weighted by Gasteiger charge is 2.28. The first-order chi connectivity index (χ1) is 28.1. The van der Waals surface area contributed by atoms with Gasteiger partial charge in [-0.1, -0.05) is 78.9 Å². The predicted octanol–water partition coefficient (Wildman–Crippen LogP) is 2.57. The molecule has 2 atom stereocenters. The lowest BCUT2D eigenvalue weighted by Gasteiger charge is -2.34. The van der Waals surface area contributed by atoms with Gasteiger partial charge in [0.25, 0.3) is 0 Å². The van der Waals surface area contributed by atoms with E-state index in [1.54, 1.807) is 48.5 Å². The van der Waals surface area contributed by atoms with Gasteiger partial charge in [-0.2, -0.15) is 0 Å². The smallest absolute Gasteiger partial charge is 0.243 e. The molecule has 4 aromatic carbocycles. The number of nitrogen functional groups attached to an aromatic ring is 1. The SMILES string of the molecule is N=C(N)c1ccc(CNC(=O)[C@@H]2Cc3ccc(cc3)NC(=O)CCN3CCN(CCC(=O)Nc4ccc(cc4)C[C@@H](NC(=O)Cc4ccccc4)C(=O)N2)CC3)cc1. The minimum Gasteiger partial charge on any atom is -0.384 e. The maximum Gasteiger partial charge on any atom is 0.243 e. The molecule has 14 nitrogen and oxygen atoms in total. The van der Waals surface area contributed by atoms with Crippen LogP contribution in [-0.4, -0.2) is 96.5 Å². The molecule has 6 bridgehead atoms. The fourth-order valence-corrected chi connectivity index (χ4v) is 6.95. The lowest BCUT2D eigenvalue weighted by atomic mass is 10.0. The van der Waals surface area contributed by atoms with Crippen molar-refractivity contribution in [1.82, 2.24) is 25.8 Å². The number of amidine groups is 1. The minimum absolute atomic E-state index is 0.0560. The summed E-state index contributed by atoms with van der Waals surface area (Å²) in [4.78, 5) is 71.7. The van der Waals surface area contributed by atoms with Crippen LogP contribution in [-0.2, 0) is 49.8 Å². The summed E-state index contributed by atoms with van der Waals surface area (Å²) in [5, 5.41) is 22.3. The Bertz CT molecular complexity index is 2050. The summed E-state index contributed by atoms with van der Waals surface area (Å²) in [7, 11) is 0. The van der Waals surface area contributed by atoms with E-state index in [4.69, 9.17) is 11.1 Å². The number of carbonyl (C=O) groups is 5. The second-order valence-corrected chi connectivity index (χ2v) is 14.8. The number of anilines is 2. The molecular weight excluding hydrogens is 735 g/mol. The Morgan fingerprint density at radius 2 is 1.21 bits per heavy atom. The molecule has 0 unspecified atom stereocenters. The van der Waals surface area contributed by atoms with Crippen molar-refractivity contribution in [2.45, 2.75) is 50.7 Å². The quantitative estimate of drug-likeness (QED) is 0.110. The minimum atomic E-state index is -1.04. The second kappa shape index (κ2) is 20.2. The van der Waals surface area contributed by atoms with Gasteiger partial charge in [-0.05, 0) is 46.5 Å². The Balaban J connectivity index is 1.24. The summed E-state index contributed by atoms with van der Waals surface area (Å²) >= 11 is 0. The van der Waals surface area contributed by atoms with Gasteiger partial charge in [0, 0.05) is 88.4 Å². The topological polar surface area (TPSA) is 202 Å². The van der Waals surface area contributed by atoms with Crippen LogP contribution in [0.4, 0.5) is 11.4 Å². The van der Waals surface area contributed by atoms with Crippen molar-refractivity contribution in [1.29, 1.82) is 5.41 Å². The van der Waals surface area contributed by atoms with Crippen molar-refractivity contribution in [3.05, 3.63) is 131 Å². The number of rotatable bonds is 7. The van der Waals surface area contributed by atoms with Gasteiger partial charge in [-0.15, -0.1) is 0 Å². The molecule has 0 radical (unpaired) electrons. The van der Waals surface area contributed by atoms with Crippen molar-refractivity contribution in [3.63, 3.8) is 0 Å². The molecule has 5 aliphatic heterocycles. The van der Waals surface area contributed by atoms with Crippen LogP contribution in [0.5, 0.6) is 0 Å². The second-order valence-electron chi connectivity index (χ2n) is 14.8. The Morgan fingerprint density at radius 1 is 0.672 bits per heavy atom. The van der Waals surface area contributed by atoms with Crippen LogP contribution in [0.2, 0.25) is 0 Å². The maximum atomic E-state index is 14.2. The third-order valence-corrected chi connectivity index (χ3v) is 10.4. The zero-order valence-corrected chi connectivity index (χ0v) is 32.5. The van der Waals surface area contributed by atoms with Crippen molar-refractivity contribution in [3.8, 4) is 0 Å². The van der Waals surface area contributed by atoms with E-state index in [0.29, 0.717) is 42.9 Å². The first-order valence-corrected chi connectivity index (χ1v) is 19.6. The van der Waals surface area contributed by atoms with Crippen LogP contribution >= 0.6 is 0 Å². The Hall–Kier alpha value is -6.38. The first kappa shape index (κ1) is 41.3. The predicted molar refractivity (Wildman–Crippen MR) is 223 cm³/mol. The molecule has 9 rings (SSSR count). The molecule has 302 valence electrons. The molecule has 0 aromatic heterocycles. The highest BCUT2D eigenvalue weighted by atomic mass is 16.2. The normalized spacial score (nSPS) is 20.7. The van der Waals surface area contributed by atoms with Crippen molar-refractivity contribution >= 4 is 46.7 Å². The molecule has 4 aromatic rings. The fourth-order valence-electron chi connectivity index (χ4n) is 6.95. The van der Waals surface area contributed by atoms with E-state index in [-0.39, 0.29) is 49.4 Å². The molecule has 1 saturated heterocycles. The van der Waals surface area contributed by atoms with Gasteiger partial charge in [-0.25, -0.2) is 0 Å². The third-order valence-electron chi connectivity index (χ3n) is 10.4. The molecule has 1 fully saturated rings. The molecule has 0 spiro atoms. The lowest BCUT2D eigenvalue weighted by molar-refractivity contribution is -0.132. The summed E-state index contributed by atoms with van der Waals surface area (Å²) in [6.45, 7) is 4.67. The highest BCUT2D eigenvalue weighted by Crippen LogP contribution is 2.16. The van der Waals surface area contributed by atoms with Gasteiger partial charge in [0.2, 0.25) is 29.5 Å². The maximum absolute atomic E-state index is 14.2. The lowest BCUT2D eigenvalue weighted by Crippen LogP contribution is -2.55. The summed E-state index contributed by atoms with van der Waals surface area (Å²) in [6.07, 6.45) is 0.968. The molecule has 0 aliphatic carbocycles. The fraction of sp³-hybridized carbons (Fsp3) is 0.318. The number of hydrogen-bond donors (Lipinski definition) is 7. The molecule has 58 heavy (non-hydrogen) atoms. The molecule has 5 amide bonds.